The highest BCUT2D eigenvalue weighted by Crippen LogP contribution is 2.30. The Morgan fingerprint density at radius 2 is 1.55 bits per heavy atom. The second kappa shape index (κ2) is 14.8. The number of pyridine rings is 1. The number of amides is 4. The van der Waals surface area contributed by atoms with Gasteiger partial charge in [0.25, 0.3) is 0 Å². The van der Waals surface area contributed by atoms with Crippen LogP contribution in [0.3, 0.4) is 0 Å². The number of nitrogens with one attached hydrogen (secondary N) is 1. The van der Waals surface area contributed by atoms with E-state index in [0.29, 0.717) is 53.9 Å². The van der Waals surface area contributed by atoms with Crippen molar-refractivity contribution in [3.8, 4) is 0 Å². The molecule has 13 heteroatoms. The van der Waals surface area contributed by atoms with Gasteiger partial charge < -0.3 is 31.3 Å². The monoisotopic (exact) mass is 612 g/mol. The van der Waals surface area contributed by atoms with Gasteiger partial charge in [0.2, 0.25) is 0 Å². The van der Waals surface area contributed by atoms with Gasteiger partial charge in [-0.25, -0.2) is 9.67 Å². The molecule has 0 saturated carbocycles. The Hall–Kier alpha value is -3.74. The van der Waals surface area contributed by atoms with Gasteiger partial charge in [0, 0.05) is 38.0 Å². The van der Waals surface area contributed by atoms with Gasteiger partial charge in [-0.05, 0) is 70.6 Å². The quantitative estimate of drug-likeness (QED) is 0.441. The van der Waals surface area contributed by atoms with Gasteiger partial charge in [0.05, 0.1) is 17.3 Å². The van der Waals surface area contributed by atoms with Crippen LogP contribution in [-0.4, -0.2) is 80.0 Å². The zero-order chi connectivity index (χ0) is 32.0. The van der Waals surface area contributed by atoms with Gasteiger partial charge >= 0.3 is 23.6 Å². The number of ether oxygens (including phenoxy) is 1. The minimum absolute atomic E-state index is 0.0540. The lowest BCUT2D eigenvalue weighted by Crippen LogP contribution is -2.49. The molecule has 2 aromatic heterocycles. The molecule has 5 atom stereocenters. The SMILES string of the molecule is CC[C@@H]1CC[C@@H](C)N(C(=O)C(=O)Nc2cnc(N)c3cn(C4CCCCO4)nc23)C1.CC[C@@H]1CC[C@@H](C)N(C(=O)C(N)=O)C1. The Morgan fingerprint density at radius 1 is 0.932 bits per heavy atom. The molecule has 0 radical (unpaired) electrons. The summed E-state index contributed by atoms with van der Waals surface area (Å²) in [5.74, 6) is -1.27. The van der Waals surface area contributed by atoms with Gasteiger partial charge in [-0.15, -0.1) is 0 Å². The Bertz CT molecular complexity index is 1340. The summed E-state index contributed by atoms with van der Waals surface area (Å²) in [4.78, 5) is 55.3. The number of carbonyl (C=O) groups is 4. The summed E-state index contributed by atoms with van der Waals surface area (Å²) in [5.41, 5.74) is 11.9. The molecule has 5 N–H and O–H groups in total. The number of primary amides is 1. The summed E-state index contributed by atoms with van der Waals surface area (Å²) in [6.45, 7) is 10.2. The third-order valence-corrected chi connectivity index (χ3v) is 9.34. The van der Waals surface area contributed by atoms with Crippen LogP contribution in [0.1, 0.15) is 91.7 Å². The maximum atomic E-state index is 12.9. The molecule has 5 heterocycles. The number of rotatable bonds is 4. The van der Waals surface area contributed by atoms with Crippen molar-refractivity contribution >= 4 is 46.0 Å². The molecule has 0 spiro atoms. The molecule has 3 aliphatic heterocycles. The number of nitrogens with zero attached hydrogens (tertiary/aromatic N) is 5. The first-order chi connectivity index (χ1) is 21.0. The molecule has 0 aliphatic carbocycles. The van der Waals surface area contributed by atoms with Crippen molar-refractivity contribution in [1.29, 1.82) is 0 Å². The maximum absolute atomic E-state index is 12.9. The topological polar surface area (TPSA) is 179 Å². The molecule has 3 saturated heterocycles. The van der Waals surface area contributed by atoms with Gasteiger partial charge in [-0.1, -0.05) is 26.7 Å². The van der Waals surface area contributed by atoms with E-state index < -0.39 is 23.6 Å². The van der Waals surface area contributed by atoms with E-state index in [0.717, 1.165) is 57.8 Å². The molecule has 2 aromatic rings. The molecule has 242 valence electrons. The van der Waals surface area contributed by atoms with Gasteiger partial charge in [0.1, 0.15) is 17.6 Å². The highest BCUT2D eigenvalue weighted by Gasteiger charge is 2.33. The van der Waals surface area contributed by atoms with Crippen molar-refractivity contribution in [3.05, 3.63) is 12.4 Å². The minimum Gasteiger partial charge on any atom is -0.383 e. The lowest BCUT2D eigenvalue weighted by atomic mass is 9.91. The van der Waals surface area contributed by atoms with E-state index in [4.69, 9.17) is 16.2 Å². The van der Waals surface area contributed by atoms with E-state index in [2.05, 4.69) is 29.2 Å². The maximum Gasteiger partial charge on any atom is 0.314 e. The first-order valence-electron chi connectivity index (χ1n) is 16.0. The summed E-state index contributed by atoms with van der Waals surface area (Å²) < 4.78 is 7.53. The summed E-state index contributed by atoms with van der Waals surface area (Å²) in [6, 6.07) is 0.205. The Balaban J connectivity index is 0.000000265. The Morgan fingerprint density at radius 3 is 2.09 bits per heavy atom. The number of nitrogen functional groups attached to an aromatic ring is 1. The third-order valence-electron chi connectivity index (χ3n) is 9.34. The average molecular weight is 613 g/mol. The van der Waals surface area contributed by atoms with Crippen LogP contribution in [0.2, 0.25) is 0 Å². The molecule has 4 amide bonds. The predicted octanol–water partition coefficient (Wildman–Crippen LogP) is 3.20. The first kappa shape index (κ1) is 33.2. The highest BCUT2D eigenvalue weighted by molar-refractivity contribution is 6.40. The van der Waals surface area contributed by atoms with Gasteiger partial charge in [-0.2, -0.15) is 5.10 Å². The van der Waals surface area contributed by atoms with Gasteiger partial charge in [-0.3, -0.25) is 19.2 Å². The molecule has 44 heavy (non-hydrogen) atoms. The molecular formula is C31H48N8O5. The van der Waals surface area contributed by atoms with Crippen LogP contribution in [0.15, 0.2) is 12.4 Å². The summed E-state index contributed by atoms with van der Waals surface area (Å²) >= 11 is 0. The molecule has 0 bridgehead atoms. The van der Waals surface area contributed by atoms with Crippen molar-refractivity contribution in [2.24, 2.45) is 17.6 Å². The van der Waals surface area contributed by atoms with Crippen LogP contribution in [0.5, 0.6) is 0 Å². The average Bonchev–Trinajstić information content (AvgIpc) is 3.50. The number of carbonyl (C=O) groups excluding carboxylic acids is 4. The Kier molecular flexibility index (Phi) is 11.2. The molecule has 1 unspecified atom stereocenters. The summed E-state index contributed by atoms with van der Waals surface area (Å²) in [6.07, 6.45) is 12.2. The van der Waals surface area contributed by atoms with E-state index >= 15 is 0 Å². The molecule has 3 fully saturated rings. The fourth-order valence-electron chi connectivity index (χ4n) is 6.26. The van der Waals surface area contributed by atoms with Crippen LogP contribution in [0.25, 0.3) is 10.9 Å². The minimum atomic E-state index is -0.839. The van der Waals surface area contributed by atoms with Crippen LogP contribution < -0.4 is 16.8 Å². The zero-order valence-corrected chi connectivity index (χ0v) is 26.5. The summed E-state index contributed by atoms with van der Waals surface area (Å²) in [7, 11) is 0. The van der Waals surface area contributed by atoms with Crippen LogP contribution in [-0.2, 0) is 23.9 Å². The normalized spacial score (nSPS) is 25.6. The fraction of sp³-hybridized carbons (Fsp3) is 0.677. The molecule has 13 nitrogen and oxygen atoms in total. The number of likely N-dealkylation sites (tertiary alicyclic amines) is 2. The standard InChI is InChI=1S/C21H30N6O3.C10H18N2O2/c1-3-14-8-7-13(2)26(11-14)21(29)20(28)24-16-10-23-19(22)15-12-27(25-18(15)16)17-6-4-5-9-30-17;1-3-8-5-4-7(2)12(6-8)10(14)9(11)13/h10,12-14,17H,3-9,11H2,1-2H3,(H2,22,23)(H,24,28);7-8H,3-6H2,1-2H3,(H2,11,13)/t13-,14-,17?;7-,8-/m11/s1. The Labute approximate surface area is 259 Å². The number of hydrogen-bond acceptors (Lipinski definition) is 8. The van der Waals surface area contributed by atoms with E-state index in [1.54, 1.807) is 20.7 Å². The highest BCUT2D eigenvalue weighted by atomic mass is 16.5. The summed E-state index contributed by atoms with van der Waals surface area (Å²) in [5, 5.41) is 7.94. The van der Waals surface area contributed by atoms with Crippen molar-refractivity contribution in [2.45, 2.75) is 104 Å². The van der Waals surface area contributed by atoms with Gasteiger partial charge in [0.15, 0.2) is 0 Å². The second-order valence-corrected chi connectivity index (χ2v) is 12.4. The lowest BCUT2D eigenvalue weighted by Gasteiger charge is -2.37. The number of nitrogens with two attached hydrogens (primary N) is 2. The van der Waals surface area contributed by atoms with Crippen molar-refractivity contribution in [2.75, 3.05) is 30.7 Å². The predicted molar refractivity (Wildman–Crippen MR) is 167 cm³/mol. The van der Waals surface area contributed by atoms with Crippen LogP contribution >= 0.6 is 0 Å². The van der Waals surface area contributed by atoms with Crippen LogP contribution in [0.4, 0.5) is 11.5 Å². The van der Waals surface area contributed by atoms with Crippen LogP contribution in [0, 0.1) is 11.8 Å². The van der Waals surface area contributed by atoms with Crippen molar-refractivity contribution in [1.82, 2.24) is 24.6 Å². The number of hydrogen-bond donors (Lipinski definition) is 3. The van der Waals surface area contributed by atoms with E-state index in [1.165, 1.54) is 6.20 Å². The number of aromatic nitrogens is 3. The number of piperidine rings is 2. The van der Waals surface area contributed by atoms with E-state index in [9.17, 15) is 19.2 Å². The fourth-order valence-corrected chi connectivity index (χ4v) is 6.26. The molecule has 5 rings (SSSR count). The molecule has 3 aliphatic rings. The van der Waals surface area contributed by atoms with E-state index in [1.807, 2.05) is 13.8 Å². The third kappa shape index (κ3) is 7.66. The first-order valence-corrected chi connectivity index (χ1v) is 16.0. The van der Waals surface area contributed by atoms with Crippen molar-refractivity contribution < 1.29 is 23.9 Å². The second-order valence-electron chi connectivity index (χ2n) is 12.4. The molecular weight excluding hydrogens is 564 g/mol. The largest absolute Gasteiger partial charge is 0.383 e. The van der Waals surface area contributed by atoms with E-state index in [-0.39, 0.29) is 18.3 Å². The smallest absolute Gasteiger partial charge is 0.314 e. The number of anilines is 2. The zero-order valence-electron chi connectivity index (χ0n) is 26.5. The van der Waals surface area contributed by atoms with Crippen molar-refractivity contribution in [3.63, 3.8) is 0 Å². The number of fused-ring (bicyclic) bond motifs is 1. The molecule has 0 aromatic carbocycles. The lowest BCUT2D eigenvalue weighted by molar-refractivity contribution is -0.147.